The van der Waals surface area contributed by atoms with Crippen LogP contribution in [-0.2, 0) is 37.6 Å². The van der Waals surface area contributed by atoms with Gasteiger partial charge in [0.1, 0.15) is 17.9 Å². The molecular formula is C30H42FN4O11P. The minimum absolute atomic E-state index is 0.0343. The van der Waals surface area contributed by atoms with E-state index in [4.69, 9.17) is 28.0 Å². The first-order valence-electron chi connectivity index (χ1n) is 15.4. The predicted molar refractivity (Wildman–Crippen MR) is 166 cm³/mol. The van der Waals surface area contributed by atoms with Crippen molar-refractivity contribution in [1.29, 1.82) is 0 Å². The van der Waals surface area contributed by atoms with Gasteiger partial charge < -0.3 is 23.5 Å². The van der Waals surface area contributed by atoms with E-state index in [0.717, 1.165) is 36.8 Å². The third kappa shape index (κ3) is 10.0. The Morgan fingerprint density at radius 2 is 1.85 bits per heavy atom. The van der Waals surface area contributed by atoms with Crippen molar-refractivity contribution in [3.05, 3.63) is 63.4 Å². The lowest BCUT2D eigenvalue weighted by atomic mass is 9.98. The van der Waals surface area contributed by atoms with Crippen molar-refractivity contribution in [2.75, 3.05) is 39.5 Å². The summed E-state index contributed by atoms with van der Waals surface area (Å²) in [6, 6.07) is 7.86. The second kappa shape index (κ2) is 16.1. The molecule has 2 aromatic rings. The number of rotatable bonds is 15. The van der Waals surface area contributed by atoms with Crippen molar-refractivity contribution < 1.29 is 46.5 Å². The average molecular weight is 685 g/mol. The Balaban J connectivity index is 1.55. The topological polar surface area (TPSA) is 177 Å². The first kappa shape index (κ1) is 36.4. The highest BCUT2D eigenvalue weighted by atomic mass is 31.2. The molecule has 260 valence electrons. The second-order valence-corrected chi connectivity index (χ2v) is 13.4. The number of hydrogen-bond donors (Lipinski definition) is 2. The number of ether oxygens (including phenoxy) is 4. The van der Waals surface area contributed by atoms with Gasteiger partial charge in [-0.25, -0.2) is 13.8 Å². The van der Waals surface area contributed by atoms with Gasteiger partial charge in [-0.15, -0.1) is 0 Å². The summed E-state index contributed by atoms with van der Waals surface area (Å²) >= 11 is 0. The van der Waals surface area contributed by atoms with Gasteiger partial charge in [0.05, 0.1) is 25.9 Å². The molecule has 17 heteroatoms. The summed E-state index contributed by atoms with van der Waals surface area (Å²) in [6.45, 7) is 8.40. The van der Waals surface area contributed by atoms with E-state index < -0.39 is 73.8 Å². The molecule has 0 amide bonds. The highest BCUT2D eigenvalue weighted by molar-refractivity contribution is 7.52. The van der Waals surface area contributed by atoms with Crippen LogP contribution in [0.4, 0.5) is 4.39 Å². The summed E-state index contributed by atoms with van der Waals surface area (Å²) in [5.41, 5.74) is -4.19. The number of benzene rings is 1. The quantitative estimate of drug-likeness (QED) is 0.207. The highest BCUT2D eigenvalue weighted by Crippen LogP contribution is 2.48. The largest absolute Gasteiger partial charge is 0.462 e. The summed E-state index contributed by atoms with van der Waals surface area (Å²) in [5.74, 6) is -1.31. The molecule has 1 aromatic heterocycles. The van der Waals surface area contributed by atoms with E-state index in [1.54, 1.807) is 32.0 Å². The van der Waals surface area contributed by atoms with Crippen molar-refractivity contribution in [2.24, 2.45) is 0 Å². The van der Waals surface area contributed by atoms with E-state index >= 15 is 4.39 Å². The Bertz CT molecular complexity index is 1510. The van der Waals surface area contributed by atoms with Crippen molar-refractivity contribution in [1.82, 2.24) is 19.5 Å². The number of para-hydroxylation sites is 1. The fraction of sp³-hybridized carbons (Fsp3) is 0.600. The van der Waals surface area contributed by atoms with Gasteiger partial charge >= 0.3 is 25.4 Å². The van der Waals surface area contributed by atoms with Crippen LogP contribution in [0.5, 0.6) is 5.75 Å². The summed E-state index contributed by atoms with van der Waals surface area (Å²) < 4.78 is 64.9. The van der Waals surface area contributed by atoms with Gasteiger partial charge in [-0.1, -0.05) is 18.2 Å². The number of hydrogen-bond acceptors (Lipinski definition) is 12. The normalized spacial score (nSPS) is 25.2. The molecule has 0 bridgehead atoms. The third-order valence-electron chi connectivity index (χ3n) is 7.44. The van der Waals surface area contributed by atoms with Gasteiger partial charge in [-0.05, 0) is 52.8 Å². The molecule has 6 atom stereocenters. The number of carbonyl (C=O) groups excluding carboxylic acids is 2. The van der Waals surface area contributed by atoms with E-state index in [1.807, 2.05) is 4.98 Å². The van der Waals surface area contributed by atoms with Crippen molar-refractivity contribution >= 4 is 19.7 Å². The Labute approximate surface area is 271 Å². The summed E-state index contributed by atoms with van der Waals surface area (Å²) in [6.07, 6.45) is -3.72. The van der Waals surface area contributed by atoms with Crippen LogP contribution in [0.2, 0.25) is 0 Å². The van der Waals surface area contributed by atoms with Gasteiger partial charge in [0, 0.05) is 31.8 Å². The van der Waals surface area contributed by atoms with Crippen LogP contribution >= 0.6 is 7.75 Å². The van der Waals surface area contributed by atoms with Crippen LogP contribution in [-0.4, -0.2) is 95.9 Å². The maximum Gasteiger partial charge on any atom is 0.459 e. The van der Waals surface area contributed by atoms with E-state index in [-0.39, 0.29) is 12.2 Å². The zero-order valence-electron chi connectivity index (χ0n) is 26.8. The van der Waals surface area contributed by atoms with E-state index in [0.29, 0.717) is 26.2 Å². The number of halogens is 1. The number of morpholine rings is 1. The first-order valence-corrected chi connectivity index (χ1v) is 16.9. The molecule has 3 heterocycles. The molecule has 15 nitrogen and oxygen atoms in total. The van der Waals surface area contributed by atoms with E-state index in [9.17, 15) is 23.7 Å². The zero-order valence-corrected chi connectivity index (χ0v) is 27.7. The summed E-state index contributed by atoms with van der Waals surface area (Å²) in [5, 5.41) is 2.54. The van der Waals surface area contributed by atoms with Crippen LogP contribution in [0.1, 0.15) is 46.8 Å². The Morgan fingerprint density at radius 3 is 2.51 bits per heavy atom. The Kier molecular flexibility index (Phi) is 12.5. The molecule has 2 fully saturated rings. The van der Waals surface area contributed by atoms with Crippen LogP contribution in [0.3, 0.4) is 0 Å². The number of alkyl halides is 1. The van der Waals surface area contributed by atoms with Crippen LogP contribution in [0.25, 0.3) is 0 Å². The van der Waals surface area contributed by atoms with Crippen molar-refractivity contribution in [3.8, 4) is 5.75 Å². The van der Waals surface area contributed by atoms with Gasteiger partial charge in [0.25, 0.3) is 5.56 Å². The lowest BCUT2D eigenvalue weighted by Gasteiger charge is -2.29. The molecule has 0 unspecified atom stereocenters. The highest BCUT2D eigenvalue weighted by Gasteiger charge is 2.58. The number of aromatic nitrogens is 2. The first-order chi connectivity index (χ1) is 22.3. The van der Waals surface area contributed by atoms with Crippen LogP contribution in [0, 0.1) is 0 Å². The number of nitrogens with one attached hydrogen (secondary N) is 2. The molecule has 0 aliphatic carbocycles. The summed E-state index contributed by atoms with van der Waals surface area (Å²) in [4.78, 5) is 54.0. The van der Waals surface area contributed by atoms with Crippen molar-refractivity contribution in [3.63, 3.8) is 0 Å². The van der Waals surface area contributed by atoms with Gasteiger partial charge in [0.2, 0.25) is 0 Å². The molecule has 47 heavy (non-hydrogen) atoms. The van der Waals surface area contributed by atoms with E-state index in [2.05, 4.69) is 9.99 Å². The molecular weight excluding hydrogens is 642 g/mol. The molecule has 2 aliphatic heterocycles. The fourth-order valence-electron chi connectivity index (χ4n) is 5.12. The number of aromatic amines is 1. The van der Waals surface area contributed by atoms with Gasteiger partial charge in [0.15, 0.2) is 18.0 Å². The predicted octanol–water partition coefficient (Wildman–Crippen LogP) is 2.32. The summed E-state index contributed by atoms with van der Waals surface area (Å²) in [7, 11) is -4.42. The molecule has 0 saturated carbocycles. The molecule has 2 N–H and O–H groups in total. The minimum Gasteiger partial charge on any atom is -0.462 e. The number of H-pyrrole nitrogens is 1. The maximum atomic E-state index is 16.6. The maximum absolute atomic E-state index is 16.6. The minimum atomic E-state index is -4.42. The average Bonchev–Trinajstić information content (AvgIpc) is 3.25. The second-order valence-electron chi connectivity index (χ2n) is 11.7. The lowest BCUT2D eigenvalue weighted by molar-refractivity contribution is -0.158. The number of carbonyl (C=O) groups is 2. The number of nitrogens with zero attached hydrogens (tertiary/aromatic N) is 2. The fourth-order valence-corrected chi connectivity index (χ4v) is 6.62. The molecule has 0 radical (unpaired) electrons. The SMILES string of the molecule is CC(C)OC(=O)[C@H](C)N[P@](=O)(OC[C@H]1O[C@@H](n2ccc(=O)[nH]c2=O)[C@](C)(F)[C@@H]1OC(=O)CCCN1CCOCC1)Oc1ccccc1. The molecule has 2 saturated heterocycles. The van der Waals surface area contributed by atoms with Gasteiger partial charge in [-0.3, -0.25) is 33.4 Å². The van der Waals surface area contributed by atoms with E-state index in [1.165, 1.54) is 19.1 Å². The molecule has 4 rings (SSSR count). The van der Waals surface area contributed by atoms with Crippen molar-refractivity contribution in [2.45, 2.75) is 76.8 Å². The lowest BCUT2D eigenvalue weighted by Crippen LogP contribution is -2.46. The van der Waals surface area contributed by atoms with Crippen LogP contribution in [0.15, 0.2) is 52.2 Å². The zero-order chi connectivity index (χ0) is 34.2. The molecule has 2 aliphatic rings. The molecule has 1 aromatic carbocycles. The third-order valence-corrected chi connectivity index (χ3v) is 9.08. The Morgan fingerprint density at radius 1 is 1.15 bits per heavy atom. The van der Waals surface area contributed by atoms with Crippen LogP contribution < -0.4 is 20.9 Å². The molecule has 0 spiro atoms. The Hall–Kier alpha value is -3.40. The monoisotopic (exact) mass is 684 g/mol. The standard InChI is InChI=1S/C30H42FN4O11P/c1-20(2)43-27(38)21(3)33-47(40,46-22-9-6-5-7-10-22)42-19-23-26(45-25(37)11-8-13-34-15-17-41-18-16-34)30(4,31)28(44-23)35-14-12-24(36)32-29(35)39/h5-7,9-10,12,14,20-21,23,26,28H,8,11,13,15-19H2,1-4H3,(H,33,40)(H,32,36,39)/t21-,23+,26+,28+,30+,47-/m0/s1. The smallest absolute Gasteiger partial charge is 0.459 e. The number of esters is 2. The van der Waals surface area contributed by atoms with Gasteiger partial charge in [-0.2, -0.15) is 5.09 Å².